The lowest BCUT2D eigenvalue weighted by Crippen LogP contribution is -2.43. The second kappa shape index (κ2) is 52.9. The summed E-state index contributed by atoms with van der Waals surface area (Å²) in [6.07, 6.45) is 8.23. The van der Waals surface area contributed by atoms with Crippen LogP contribution in [0.3, 0.4) is 0 Å². The van der Waals surface area contributed by atoms with Crippen LogP contribution in [-0.2, 0) is 19.2 Å². The topological polar surface area (TPSA) is 409 Å². The van der Waals surface area contributed by atoms with Crippen molar-refractivity contribution < 1.29 is 110 Å². The zero-order valence-electron chi connectivity index (χ0n) is 63.6. The number of nitrogens with zero attached hydrogens (tertiary/aromatic N) is 5. The van der Waals surface area contributed by atoms with E-state index in [1.54, 1.807) is 18.2 Å². The molecule has 0 aliphatic rings. The predicted molar refractivity (Wildman–Crippen MR) is 410 cm³/mol. The molecule has 0 fully saturated rings. The minimum Gasteiger partial charge on any atom is -0.493 e. The van der Waals surface area contributed by atoms with Crippen molar-refractivity contribution in [2.75, 3.05) is 65.9 Å². The molecule has 12 N–H and O–H groups in total. The fourth-order valence-electron chi connectivity index (χ4n) is 10.5. The molecule has 0 bridgehead atoms. The van der Waals surface area contributed by atoms with Gasteiger partial charge in [0.05, 0.1) is 43.0 Å². The molecule has 8 aromatic rings. The number of hydrogen-bond acceptors (Lipinski definition) is 20. The van der Waals surface area contributed by atoms with E-state index in [4.69, 9.17) is 52.2 Å². The van der Waals surface area contributed by atoms with Crippen molar-refractivity contribution in [3.8, 4) is 28.7 Å². The summed E-state index contributed by atoms with van der Waals surface area (Å²) < 4.78 is 174. The number of nitrogens with one attached hydrogen (secondary N) is 4. The molecule has 0 aliphatic carbocycles. The molecular weight excluding hydrogens is 1570 g/mol. The zero-order chi connectivity index (χ0) is 86.3. The number of halogens is 11. The quantitative estimate of drug-likeness (QED) is 0.00439. The van der Waals surface area contributed by atoms with Gasteiger partial charge in [-0.1, -0.05) is 47.6 Å². The highest BCUT2D eigenvalue weighted by Gasteiger charge is 2.29. The van der Waals surface area contributed by atoms with Crippen LogP contribution in [-0.4, -0.2) is 147 Å². The smallest absolute Gasteiger partial charge is 0.256 e. The first-order chi connectivity index (χ1) is 56.8. The predicted octanol–water partition coefficient (Wildman–Crippen LogP) is 12.1. The first kappa shape index (κ1) is 96.1. The highest BCUT2D eigenvalue weighted by atomic mass is 19.2. The van der Waals surface area contributed by atoms with E-state index >= 15 is 0 Å². The molecule has 37 heteroatoms. The molecule has 0 saturated carbocycles. The van der Waals surface area contributed by atoms with Crippen LogP contribution in [0.2, 0.25) is 0 Å². The highest BCUT2D eigenvalue weighted by molar-refractivity contribution is 6.01. The first-order valence-electron chi connectivity index (χ1n) is 36.9. The molecule has 0 radical (unpaired) electrons. The molecule has 0 aliphatic heterocycles. The van der Waals surface area contributed by atoms with Crippen molar-refractivity contribution in [1.82, 2.24) is 31.2 Å². The van der Waals surface area contributed by atoms with Crippen LogP contribution < -0.4 is 67.9 Å². The average Bonchev–Trinajstić information content (AvgIpc) is 0.868. The lowest BCUT2D eigenvalue weighted by Gasteiger charge is -2.18. The van der Waals surface area contributed by atoms with Gasteiger partial charge in [-0.2, -0.15) is 8.78 Å². The second-order valence-electron chi connectivity index (χ2n) is 25.3. The van der Waals surface area contributed by atoms with E-state index in [1.165, 1.54) is 72.9 Å². The van der Waals surface area contributed by atoms with Gasteiger partial charge in [0.2, 0.25) is 11.9 Å². The maximum absolute atomic E-state index is 13.7. The van der Waals surface area contributed by atoms with E-state index < -0.39 is 185 Å². The van der Waals surface area contributed by atoms with Crippen molar-refractivity contribution in [3.05, 3.63) is 249 Å². The molecule has 2 heterocycles. The maximum Gasteiger partial charge on any atom is 0.256 e. The number of rotatable bonds is 45. The molecule has 26 nitrogen and oxygen atoms in total. The molecule has 8 rings (SSSR count). The van der Waals surface area contributed by atoms with Crippen LogP contribution in [0, 0.1) is 58.4 Å². The van der Waals surface area contributed by atoms with Crippen molar-refractivity contribution in [2.45, 2.75) is 108 Å². The molecule has 6 aromatic carbocycles. The fraction of sp³-hybridized carbons (Fsp3) is 0.333. The Balaban J connectivity index is 0.000000281. The maximum atomic E-state index is 13.7. The van der Waals surface area contributed by atoms with Crippen LogP contribution in [0.4, 0.5) is 54.0 Å². The van der Waals surface area contributed by atoms with Gasteiger partial charge in [0, 0.05) is 52.2 Å². The second-order valence-corrected chi connectivity index (χ2v) is 25.3. The molecule has 632 valence electrons. The number of azide groups is 1. The Kier molecular flexibility index (Phi) is 43.1. The zero-order valence-corrected chi connectivity index (χ0v) is 63.6. The van der Waals surface area contributed by atoms with Gasteiger partial charge in [-0.3, -0.25) is 42.7 Å². The first-order valence-corrected chi connectivity index (χ1v) is 36.9. The van der Waals surface area contributed by atoms with Gasteiger partial charge in [0.15, 0.2) is 92.7 Å². The minimum absolute atomic E-state index is 0.00908. The van der Waals surface area contributed by atoms with E-state index in [1.807, 2.05) is 0 Å². The van der Waals surface area contributed by atoms with Gasteiger partial charge < -0.3 is 67.9 Å². The molecule has 0 saturated heterocycles. The largest absolute Gasteiger partial charge is 0.493 e. The summed E-state index contributed by atoms with van der Waals surface area (Å²) in [4.78, 5) is 109. The molecule has 4 atom stereocenters. The van der Waals surface area contributed by atoms with Gasteiger partial charge >= 0.3 is 0 Å². The Labute approximate surface area is 670 Å². The average molecular weight is 1660 g/mol. The lowest BCUT2D eigenvalue weighted by atomic mass is 10.0. The van der Waals surface area contributed by atoms with Crippen LogP contribution in [0.1, 0.15) is 125 Å². The van der Waals surface area contributed by atoms with Gasteiger partial charge in [0.1, 0.15) is 32.2 Å². The number of amides is 4. The number of para-hydroxylation sites is 4. The number of ketones is 4. The van der Waals surface area contributed by atoms with Crippen molar-refractivity contribution in [3.63, 3.8) is 0 Å². The number of aromatic nitrogens is 2. The summed E-state index contributed by atoms with van der Waals surface area (Å²) in [6, 6.07) is 25.9. The van der Waals surface area contributed by atoms with Crippen LogP contribution >= 0.6 is 0 Å². The summed E-state index contributed by atoms with van der Waals surface area (Å²) in [5, 5.41) is 13.6. The van der Waals surface area contributed by atoms with E-state index in [9.17, 15) is 86.7 Å². The van der Waals surface area contributed by atoms with Crippen LogP contribution in [0.15, 0.2) is 163 Å². The summed E-state index contributed by atoms with van der Waals surface area (Å²) in [6.45, 7) is -1.25. The number of alkyl halides is 1. The van der Waals surface area contributed by atoms with Crippen molar-refractivity contribution in [1.29, 1.82) is 0 Å². The van der Waals surface area contributed by atoms with Gasteiger partial charge in [0.25, 0.3) is 23.6 Å². The monoisotopic (exact) mass is 1660 g/mol. The highest BCUT2D eigenvalue weighted by Crippen LogP contribution is 2.26. The molecule has 0 spiro atoms. The third-order valence-electron chi connectivity index (χ3n) is 16.6. The minimum atomic E-state index is -1.03. The summed E-state index contributed by atoms with van der Waals surface area (Å²) in [5.41, 5.74) is 30.7. The number of benzene rings is 6. The number of pyridine rings is 2. The van der Waals surface area contributed by atoms with E-state index in [-0.39, 0.29) is 66.7 Å². The third kappa shape index (κ3) is 33.4. The number of hydrogen-bond donors (Lipinski definition) is 8. The number of nitrogens with two attached hydrogens (primary N) is 4. The van der Waals surface area contributed by atoms with E-state index in [0.29, 0.717) is 83.3 Å². The number of ether oxygens (including phenoxy) is 5. The van der Waals surface area contributed by atoms with E-state index in [0.717, 1.165) is 66.9 Å². The molecule has 0 unspecified atom stereocenters. The molecule has 4 amide bonds. The Morgan fingerprint density at radius 1 is 0.381 bits per heavy atom. The summed E-state index contributed by atoms with van der Waals surface area (Å²) in [7, 11) is 0. The SMILES string of the molecule is NCCCC[C@H](NC(=O)c1cccc(OCCCF)c1)C(=O)COc1c(F)cccc1F.NCCCC[C@H](NC(=O)c1cccnc1F)C(=O)COc1c(F)cccc1F.NCCCC[C@H](NC(=O)c1ccnc(F)c1)C(=O)COc1c(F)cccc1F.[N-]=[N+]=Nc1cccc(C(=O)N[C@@H](CCCCN)C(=O)COc2c(F)cccc2F)c1. The Bertz CT molecular complexity index is 4570. The van der Waals surface area contributed by atoms with Gasteiger partial charge in [-0.15, -0.1) is 0 Å². The van der Waals surface area contributed by atoms with Gasteiger partial charge in [-0.25, -0.2) is 45.1 Å². The summed E-state index contributed by atoms with van der Waals surface area (Å²) in [5.74, 6) is -16.4. The van der Waals surface area contributed by atoms with Crippen molar-refractivity contribution in [2.24, 2.45) is 28.0 Å². The molecule has 118 heavy (non-hydrogen) atoms. The Morgan fingerprint density at radius 3 is 1.06 bits per heavy atom. The Hall–Kier alpha value is -12.4. The van der Waals surface area contributed by atoms with Gasteiger partial charge in [-0.05, 0) is 206 Å². The van der Waals surface area contributed by atoms with Crippen molar-refractivity contribution >= 4 is 52.4 Å². The normalized spacial score (nSPS) is 11.6. The number of unbranched alkanes of at least 4 members (excludes halogenated alkanes) is 4. The lowest BCUT2D eigenvalue weighted by molar-refractivity contribution is -0.123. The van der Waals surface area contributed by atoms with Crippen LogP contribution in [0.25, 0.3) is 10.4 Å². The molecular formula is C81H88F11N13O13. The number of Topliss-reactive ketones (excluding diaryl/α,β-unsaturated/α-hetero) is 4. The van der Waals surface area contributed by atoms with Crippen LogP contribution in [0.5, 0.6) is 28.7 Å². The standard InChI is InChI=1S/C23H27F3N2O4.C20H21F2N5O3.2C19H20F3N3O3/c24-11-5-13-31-17-7-3-6-16(14-17)23(30)28-20(10-1-2-12-27)21(29)15-32-22-18(25)8-4-9-19(22)26;21-15-7-4-8-16(22)19(15)30-12-18(28)17(9-1-2-10-23)25-20(29)13-5-3-6-14(11-13)26-27-24;20-13-6-3-7-14(21)17(13)28-11-16(26)15(8-1-2-9-23)25-19(27)12-5-4-10-24-18(12)22;20-13-4-3-5-14(21)18(13)28-11-16(26)15(6-1-2-8-23)25-19(27)12-7-9-24-17(22)10-12/h3-4,6-9,14,20H,1-2,5,10-13,15,27H2,(H,28,30);3-8,11,17H,1-2,9-10,12,23H2,(H,25,29);3-7,10,15H,1-2,8-9,11,23H2,(H,25,27);3-5,7,9-10,15H,1-2,6,8,11,23H2,(H,25,27)/t20-;17-;2*15-/m0000/s1. The number of carbonyl (C=O) groups excluding carboxylic acids is 8. The third-order valence-corrected chi connectivity index (χ3v) is 16.6. The van der Waals surface area contributed by atoms with E-state index in [2.05, 4.69) is 41.3 Å². The Morgan fingerprint density at radius 2 is 0.720 bits per heavy atom. The number of carbonyl (C=O) groups is 8. The summed E-state index contributed by atoms with van der Waals surface area (Å²) >= 11 is 0. The molecule has 2 aromatic heterocycles. The fourth-order valence-corrected chi connectivity index (χ4v) is 10.5.